The lowest BCUT2D eigenvalue weighted by Gasteiger charge is -2.20. The fourth-order valence-electron chi connectivity index (χ4n) is 2.17. The molecule has 5 nitrogen and oxygen atoms in total. The lowest BCUT2D eigenvalue weighted by molar-refractivity contribution is 0.268. The molecule has 0 radical (unpaired) electrons. The van der Waals surface area contributed by atoms with Crippen LogP contribution in [0.15, 0.2) is 36.5 Å². The molecule has 110 valence electrons. The molecule has 2 aromatic heterocycles. The lowest BCUT2D eigenvalue weighted by atomic mass is 10.2. The fraction of sp³-hybridized carbons (Fsp3) is 0.312. The van der Waals surface area contributed by atoms with E-state index in [9.17, 15) is 0 Å². The Morgan fingerprint density at radius 2 is 2.10 bits per heavy atom. The van der Waals surface area contributed by atoms with Gasteiger partial charge >= 0.3 is 0 Å². The van der Waals surface area contributed by atoms with Crippen molar-refractivity contribution in [1.29, 1.82) is 5.41 Å². The predicted octanol–water partition coefficient (Wildman–Crippen LogP) is 2.09. The summed E-state index contributed by atoms with van der Waals surface area (Å²) in [5.74, 6) is 0.000231. The molecule has 2 aromatic rings. The van der Waals surface area contributed by atoms with E-state index in [-0.39, 0.29) is 5.84 Å². The molecule has 0 aliphatic carbocycles. The molecule has 0 aliphatic heterocycles. The van der Waals surface area contributed by atoms with Crippen molar-refractivity contribution in [2.24, 2.45) is 5.73 Å². The van der Waals surface area contributed by atoms with Crippen molar-refractivity contribution < 1.29 is 0 Å². The van der Waals surface area contributed by atoms with Crippen LogP contribution in [0.25, 0.3) is 0 Å². The summed E-state index contributed by atoms with van der Waals surface area (Å²) in [6.07, 6.45) is 1.70. The number of nitrogens with one attached hydrogen (secondary N) is 1. The van der Waals surface area contributed by atoms with E-state index >= 15 is 0 Å². The summed E-state index contributed by atoms with van der Waals surface area (Å²) in [5.41, 5.74) is 9.21. The summed E-state index contributed by atoms with van der Waals surface area (Å²) < 4.78 is 0. The van der Waals surface area contributed by atoms with Gasteiger partial charge in [0.1, 0.15) is 11.5 Å². The molecule has 2 rings (SSSR count). The van der Waals surface area contributed by atoms with Crippen LogP contribution in [0.2, 0.25) is 0 Å². The molecular weight excluding hydrogens is 262 g/mol. The van der Waals surface area contributed by atoms with Crippen LogP contribution < -0.4 is 5.73 Å². The second kappa shape index (κ2) is 6.95. The molecule has 2 heterocycles. The standard InChI is InChI=1S/C16H21N5/c1-3-21(11-14-6-4-5-12(2)20-14)10-13-7-8-19-15(9-13)16(17)18/h4-9H,3,10-11H2,1-2H3,(H3,17,18). The Labute approximate surface area is 125 Å². The van der Waals surface area contributed by atoms with Crippen molar-refractivity contribution in [3.05, 3.63) is 59.2 Å². The summed E-state index contributed by atoms with van der Waals surface area (Å²) in [5, 5.41) is 7.45. The van der Waals surface area contributed by atoms with Crippen LogP contribution in [0.5, 0.6) is 0 Å². The molecule has 3 N–H and O–H groups in total. The molecule has 5 heteroatoms. The van der Waals surface area contributed by atoms with Gasteiger partial charge in [0.2, 0.25) is 0 Å². The molecule has 0 saturated heterocycles. The van der Waals surface area contributed by atoms with Gasteiger partial charge in [0.05, 0.1) is 5.69 Å². The van der Waals surface area contributed by atoms with Gasteiger partial charge in [-0.1, -0.05) is 13.0 Å². The van der Waals surface area contributed by atoms with Gasteiger partial charge in [0, 0.05) is 25.0 Å². The number of aryl methyl sites for hydroxylation is 1. The van der Waals surface area contributed by atoms with Crippen molar-refractivity contribution in [1.82, 2.24) is 14.9 Å². The van der Waals surface area contributed by atoms with Gasteiger partial charge in [0.15, 0.2) is 0 Å². The first-order valence-electron chi connectivity index (χ1n) is 7.02. The summed E-state index contributed by atoms with van der Waals surface area (Å²) in [6, 6.07) is 9.91. The van der Waals surface area contributed by atoms with Crippen molar-refractivity contribution in [2.75, 3.05) is 6.54 Å². The zero-order chi connectivity index (χ0) is 15.2. The Balaban J connectivity index is 2.08. The van der Waals surface area contributed by atoms with Crippen LogP contribution in [0.3, 0.4) is 0 Å². The number of aromatic nitrogens is 2. The summed E-state index contributed by atoms with van der Waals surface area (Å²) >= 11 is 0. The van der Waals surface area contributed by atoms with Crippen molar-refractivity contribution >= 4 is 5.84 Å². The molecule has 0 aliphatic rings. The maximum atomic E-state index is 7.45. The molecule has 0 atom stereocenters. The molecule has 0 amide bonds. The van der Waals surface area contributed by atoms with Crippen molar-refractivity contribution in [3.63, 3.8) is 0 Å². The Kier molecular flexibility index (Phi) is 5.00. The largest absolute Gasteiger partial charge is 0.382 e. The summed E-state index contributed by atoms with van der Waals surface area (Å²) in [4.78, 5) is 10.9. The SMILES string of the molecule is CCN(Cc1ccnc(C(=N)N)c1)Cc1cccc(C)n1. The molecule has 0 fully saturated rings. The fourth-order valence-corrected chi connectivity index (χ4v) is 2.17. The molecule has 0 saturated carbocycles. The number of nitrogens with zero attached hydrogens (tertiary/aromatic N) is 3. The maximum Gasteiger partial charge on any atom is 0.141 e. The van der Waals surface area contributed by atoms with E-state index in [0.29, 0.717) is 5.69 Å². The average molecular weight is 283 g/mol. The normalized spacial score (nSPS) is 10.8. The highest BCUT2D eigenvalue weighted by atomic mass is 15.1. The average Bonchev–Trinajstić information content (AvgIpc) is 2.47. The van der Waals surface area contributed by atoms with Crippen LogP contribution >= 0.6 is 0 Å². The minimum Gasteiger partial charge on any atom is -0.382 e. The predicted molar refractivity (Wildman–Crippen MR) is 84.0 cm³/mol. The third-order valence-corrected chi connectivity index (χ3v) is 3.29. The number of hydrogen-bond acceptors (Lipinski definition) is 4. The van der Waals surface area contributed by atoms with E-state index in [2.05, 4.69) is 21.8 Å². The summed E-state index contributed by atoms with van der Waals surface area (Å²) in [6.45, 7) is 6.64. The highest BCUT2D eigenvalue weighted by molar-refractivity contribution is 5.93. The third-order valence-electron chi connectivity index (χ3n) is 3.29. The lowest BCUT2D eigenvalue weighted by Crippen LogP contribution is -2.23. The summed E-state index contributed by atoms with van der Waals surface area (Å²) in [7, 11) is 0. The minimum atomic E-state index is 0.000231. The van der Waals surface area contributed by atoms with Gasteiger partial charge < -0.3 is 5.73 Å². The van der Waals surface area contributed by atoms with Gasteiger partial charge in [-0.3, -0.25) is 20.3 Å². The first-order valence-corrected chi connectivity index (χ1v) is 7.02. The monoisotopic (exact) mass is 283 g/mol. The van der Waals surface area contributed by atoms with Crippen LogP contribution in [0, 0.1) is 12.3 Å². The van der Waals surface area contributed by atoms with E-state index < -0.39 is 0 Å². The van der Waals surface area contributed by atoms with E-state index in [1.807, 2.05) is 37.3 Å². The highest BCUT2D eigenvalue weighted by Gasteiger charge is 2.08. The first kappa shape index (κ1) is 15.1. The second-order valence-electron chi connectivity index (χ2n) is 5.04. The third kappa shape index (κ3) is 4.36. The van der Waals surface area contributed by atoms with Gasteiger partial charge in [-0.2, -0.15) is 0 Å². The van der Waals surface area contributed by atoms with Crippen molar-refractivity contribution in [3.8, 4) is 0 Å². The maximum absolute atomic E-state index is 7.45. The molecule has 0 spiro atoms. The number of nitrogen functional groups attached to an aromatic ring is 1. The molecular formula is C16H21N5. The smallest absolute Gasteiger partial charge is 0.141 e. The van der Waals surface area contributed by atoms with Gasteiger partial charge in [-0.15, -0.1) is 0 Å². The minimum absolute atomic E-state index is 0.000231. The van der Waals surface area contributed by atoms with Gasteiger partial charge in [0.25, 0.3) is 0 Å². The van der Waals surface area contributed by atoms with Crippen molar-refractivity contribution in [2.45, 2.75) is 26.9 Å². The zero-order valence-electron chi connectivity index (χ0n) is 12.5. The van der Waals surface area contributed by atoms with E-state index in [1.165, 1.54) is 0 Å². The number of nitrogens with two attached hydrogens (primary N) is 1. The number of amidine groups is 1. The molecule has 0 unspecified atom stereocenters. The first-order chi connectivity index (χ1) is 10.1. The van der Waals surface area contributed by atoms with Gasteiger partial charge in [-0.05, 0) is 43.3 Å². The molecule has 21 heavy (non-hydrogen) atoms. The topological polar surface area (TPSA) is 78.9 Å². The van der Waals surface area contributed by atoms with Crippen LogP contribution in [-0.2, 0) is 13.1 Å². The molecule has 0 aromatic carbocycles. The van der Waals surface area contributed by atoms with Crippen LogP contribution in [-0.4, -0.2) is 27.2 Å². The van der Waals surface area contributed by atoms with E-state index in [1.54, 1.807) is 6.20 Å². The number of rotatable bonds is 6. The Bertz CT molecular complexity index is 624. The second-order valence-corrected chi connectivity index (χ2v) is 5.04. The van der Waals surface area contributed by atoms with Gasteiger partial charge in [-0.25, -0.2) is 0 Å². The highest BCUT2D eigenvalue weighted by Crippen LogP contribution is 2.09. The molecule has 0 bridgehead atoms. The van der Waals surface area contributed by atoms with E-state index in [4.69, 9.17) is 11.1 Å². The quantitative estimate of drug-likeness (QED) is 0.628. The van der Waals surface area contributed by atoms with E-state index in [0.717, 1.165) is 36.6 Å². The van der Waals surface area contributed by atoms with Crippen LogP contribution in [0.1, 0.15) is 29.6 Å². The number of pyridine rings is 2. The Morgan fingerprint density at radius 3 is 2.76 bits per heavy atom. The number of hydrogen-bond donors (Lipinski definition) is 2. The van der Waals surface area contributed by atoms with Crippen LogP contribution in [0.4, 0.5) is 0 Å². The Hall–Kier alpha value is -2.27. The Morgan fingerprint density at radius 1 is 1.29 bits per heavy atom. The zero-order valence-corrected chi connectivity index (χ0v) is 12.5.